The van der Waals surface area contributed by atoms with Crippen molar-refractivity contribution in [2.75, 3.05) is 6.54 Å². The molecular weight excluding hydrogens is 206 g/mol. The fraction of sp³-hybridized carbons (Fsp3) is 0.818. The van der Waals surface area contributed by atoms with Crippen LogP contribution in [-0.2, 0) is 6.42 Å². The van der Waals surface area contributed by atoms with Crippen molar-refractivity contribution < 1.29 is 9.63 Å². The monoisotopic (exact) mass is 225 g/mol. The molecule has 1 fully saturated rings. The zero-order valence-corrected chi connectivity index (χ0v) is 9.65. The molecule has 0 amide bonds. The van der Waals surface area contributed by atoms with Crippen molar-refractivity contribution in [1.82, 2.24) is 15.5 Å². The number of nitrogens with zero attached hydrogens (tertiary/aromatic N) is 2. The molecule has 0 saturated heterocycles. The second kappa shape index (κ2) is 5.41. The van der Waals surface area contributed by atoms with E-state index in [2.05, 4.69) is 15.5 Å². The topological polar surface area (TPSA) is 71.2 Å². The third-order valence-electron chi connectivity index (χ3n) is 3.05. The summed E-state index contributed by atoms with van der Waals surface area (Å²) < 4.78 is 4.89. The summed E-state index contributed by atoms with van der Waals surface area (Å²) >= 11 is 0. The molecule has 0 aliphatic heterocycles. The molecule has 1 heterocycles. The van der Waals surface area contributed by atoms with Crippen molar-refractivity contribution in [3.05, 3.63) is 11.7 Å². The molecule has 2 rings (SSSR count). The second-order valence-corrected chi connectivity index (χ2v) is 4.39. The van der Waals surface area contributed by atoms with Crippen molar-refractivity contribution >= 4 is 0 Å². The predicted molar refractivity (Wildman–Crippen MR) is 59.0 cm³/mol. The molecule has 1 aliphatic rings. The maximum atomic E-state index is 9.76. The highest BCUT2D eigenvalue weighted by Gasteiger charge is 2.22. The smallest absolute Gasteiger partial charge is 0.223 e. The number of aliphatic hydroxyl groups is 1. The van der Waals surface area contributed by atoms with Gasteiger partial charge < -0.3 is 14.9 Å². The van der Waals surface area contributed by atoms with Gasteiger partial charge in [0.1, 0.15) is 0 Å². The molecule has 1 aromatic heterocycles. The van der Waals surface area contributed by atoms with Crippen LogP contribution in [0.1, 0.15) is 37.4 Å². The average molecular weight is 225 g/mol. The highest BCUT2D eigenvalue weighted by molar-refractivity contribution is 4.86. The SMILES string of the molecule is Cc1nc(CCNC2CCCCC2O)no1. The zero-order chi connectivity index (χ0) is 11.4. The molecule has 0 aromatic carbocycles. The normalized spacial score (nSPS) is 25.9. The van der Waals surface area contributed by atoms with Crippen LogP contribution in [0.25, 0.3) is 0 Å². The van der Waals surface area contributed by atoms with Crippen LogP contribution < -0.4 is 5.32 Å². The summed E-state index contributed by atoms with van der Waals surface area (Å²) in [5.74, 6) is 1.34. The molecule has 5 heteroatoms. The molecule has 1 saturated carbocycles. The summed E-state index contributed by atoms with van der Waals surface area (Å²) in [6.07, 6.45) is 4.88. The van der Waals surface area contributed by atoms with E-state index in [1.54, 1.807) is 6.92 Å². The maximum absolute atomic E-state index is 9.76. The van der Waals surface area contributed by atoms with Crippen LogP contribution in [0.15, 0.2) is 4.52 Å². The number of aromatic nitrogens is 2. The van der Waals surface area contributed by atoms with E-state index in [4.69, 9.17) is 4.52 Å². The van der Waals surface area contributed by atoms with Crippen LogP contribution >= 0.6 is 0 Å². The third kappa shape index (κ3) is 3.02. The van der Waals surface area contributed by atoms with Crippen LogP contribution in [-0.4, -0.2) is 33.9 Å². The summed E-state index contributed by atoms with van der Waals surface area (Å²) in [6, 6.07) is 0.238. The van der Waals surface area contributed by atoms with Crippen LogP contribution in [0.3, 0.4) is 0 Å². The second-order valence-electron chi connectivity index (χ2n) is 4.39. The minimum atomic E-state index is -0.194. The summed E-state index contributed by atoms with van der Waals surface area (Å²) in [7, 11) is 0. The van der Waals surface area contributed by atoms with Crippen molar-refractivity contribution in [3.8, 4) is 0 Å². The Balaban J connectivity index is 1.71. The maximum Gasteiger partial charge on any atom is 0.223 e. The Morgan fingerprint density at radius 3 is 2.94 bits per heavy atom. The first-order valence-corrected chi connectivity index (χ1v) is 5.96. The van der Waals surface area contributed by atoms with Gasteiger partial charge in [0.25, 0.3) is 0 Å². The lowest BCUT2D eigenvalue weighted by molar-refractivity contribution is 0.0913. The average Bonchev–Trinajstić information content (AvgIpc) is 2.67. The first-order chi connectivity index (χ1) is 7.75. The highest BCUT2D eigenvalue weighted by Crippen LogP contribution is 2.18. The fourth-order valence-corrected chi connectivity index (χ4v) is 2.16. The van der Waals surface area contributed by atoms with Gasteiger partial charge in [-0.3, -0.25) is 0 Å². The van der Waals surface area contributed by atoms with E-state index >= 15 is 0 Å². The lowest BCUT2D eigenvalue weighted by atomic mass is 9.92. The fourth-order valence-electron chi connectivity index (χ4n) is 2.16. The molecule has 5 nitrogen and oxygen atoms in total. The standard InChI is InChI=1S/C11H19N3O2/c1-8-13-11(14-16-8)6-7-12-9-4-2-3-5-10(9)15/h9-10,12,15H,2-7H2,1H3. The molecule has 0 spiro atoms. The van der Waals surface area contributed by atoms with E-state index in [1.165, 1.54) is 6.42 Å². The van der Waals surface area contributed by atoms with Gasteiger partial charge >= 0.3 is 0 Å². The van der Waals surface area contributed by atoms with Gasteiger partial charge in [-0.25, -0.2) is 0 Å². The highest BCUT2D eigenvalue weighted by atomic mass is 16.5. The Kier molecular flexibility index (Phi) is 3.90. The van der Waals surface area contributed by atoms with Crippen molar-refractivity contribution in [3.63, 3.8) is 0 Å². The van der Waals surface area contributed by atoms with Gasteiger partial charge in [0.15, 0.2) is 5.82 Å². The number of aryl methyl sites for hydroxylation is 1. The van der Waals surface area contributed by atoms with Crippen molar-refractivity contribution in [2.24, 2.45) is 0 Å². The van der Waals surface area contributed by atoms with E-state index < -0.39 is 0 Å². The van der Waals surface area contributed by atoms with E-state index in [0.717, 1.165) is 38.1 Å². The quantitative estimate of drug-likeness (QED) is 0.793. The van der Waals surface area contributed by atoms with E-state index in [0.29, 0.717) is 5.89 Å². The Morgan fingerprint density at radius 1 is 1.44 bits per heavy atom. The van der Waals surface area contributed by atoms with Gasteiger partial charge in [0.2, 0.25) is 5.89 Å². The van der Waals surface area contributed by atoms with Gasteiger partial charge in [0.05, 0.1) is 6.10 Å². The van der Waals surface area contributed by atoms with Gasteiger partial charge in [-0.1, -0.05) is 18.0 Å². The Hall–Kier alpha value is -0.940. The first kappa shape index (κ1) is 11.5. The molecule has 2 N–H and O–H groups in total. The van der Waals surface area contributed by atoms with Gasteiger partial charge in [0, 0.05) is 25.9 Å². The summed E-state index contributed by atoms with van der Waals surface area (Å²) in [5, 5.41) is 16.9. The van der Waals surface area contributed by atoms with Crippen LogP contribution in [0.4, 0.5) is 0 Å². The summed E-state index contributed by atoms with van der Waals surface area (Å²) in [6.45, 7) is 2.58. The number of hydrogen-bond donors (Lipinski definition) is 2. The molecular formula is C11H19N3O2. The van der Waals surface area contributed by atoms with E-state index in [-0.39, 0.29) is 12.1 Å². The van der Waals surface area contributed by atoms with Gasteiger partial charge in [-0.2, -0.15) is 4.98 Å². The molecule has 0 radical (unpaired) electrons. The number of rotatable bonds is 4. The Labute approximate surface area is 95.2 Å². The molecule has 1 aliphatic carbocycles. The molecule has 16 heavy (non-hydrogen) atoms. The molecule has 2 atom stereocenters. The Bertz CT molecular complexity index is 327. The number of hydrogen-bond acceptors (Lipinski definition) is 5. The minimum absolute atomic E-state index is 0.194. The first-order valence-electron chi connectivity index (χ1n) is 5.96. The van der Waals surface area contributed by atoms with Crippen LogP contribution in [0, 0.1) is 6.92 Å². The molecule has 90 valence electrons. The molecule has 1 aromatic rings. The molecule has 2 unspecified atom stereocenters. The number of nitrogens with one attached hydrogen (secondary N) is 1. The molecule has 0 bridgehead atoms. The van der Waals surface area contributed by atoms with Gasteiger partial charge in [-0.15, -0.1) is 0 Å². The van der Waals surface area contributed by atoms with Crippen LogP contribution in [0.2, 0.25) is 0 Å². The number of aliphatic hydroxyl groups excluding tert-OH is 1. The summed E-state index contributed by atoms with van der Waals surface area (Å²) in [4.78, 5) is 4.13. The minimum Gasteiger partial charge on any atom is -0.392 e. The predicted octanol–water partition coefficient (Wildman–Crippen LogP) is 0.814. The van der Waals surface area contributed by atoms with Crippen molar-refractivity contribution in [1.29, 1.82) is 0 Å². The zero-order valence-electron chi connectivity index (χ0n) is 9.65. The lowest BCUT2D eigenvalue weighted by Gasteiger charge is -2.28. The summed E-state index contributed by atoms with van der Waals surface area (Å²) in [5.41, 5.74) is 0. The van der Waals surface area contributed by atoms with E-state index in [1.807, 2.05) is 0 Å². The Morgan fingerprint density at radius 2 is 2.25 bits per heavy atom. The van der Waals surface area contributed by atoms with Crippen LogP contribution in [0.5, 0.6) is 0 Å². The largest absolute Gasteiger partial charge is 0.392 e. The third-order valence-corrected chi connectivity index (χ3v) is 3.05. The van der Waals surface area contributed by atoms with Crippen molar-refractivity contribution in [2.45, 2.75) is 51.2 Å². The van der Waals surface area contributed by atoms with Gasteiger partial charge in [-0.05, 0) is 12.8 Å². The lowest BCUT2D eigenvalue weighted by Crippen LogP contribution is -2.42. The van der Waals surface area contributed by atoms with E-state index in [9.17, 15) is 5.11 Å².